The van der Waals surface area contributed by atoms with Crippen molar-refractivity contribution in [2.45, 2.75) is 13.8 Å². The molecular formula is C15H12FNO4. The number of hydrogen-bond donors (Lipinski definition) is 0. The fourth-order valence-electron chi connectivity index (χ4n) is 1.84. The summed E-state index contributed by atoms with van der Waals surface area (Å²) in [4.78, 5) is 21.9. The van der Waals surface area contributed by atoms with Gasteiger partial charge in [-0.3, -0.25) is 14.9 Å². The molecule has 0 aliphatic heterocycles. The molecule has 0 heterocycles. The number of carbonyl (C=O) groups excluding carboxylic acids is 1. The van der Waals surface area contributed by atoms with Gasteiger partial charge in [0, 0.05) is 6.07 Å². The first-order valence-electron chi connectivity index (χ1n) is 6.12. The molecule has 0 radical (unpaired) electrons. The van der Waals surface area contributed by atoms with Crippen molar-refractivity contribution in [3.63, 3.8) is 0 Å². The minimum atomic E-state index is -0.578. The first-order chi connectivity index (χ1) is 9.88. The summed E-state index contributed by atoms with van der Waals surface area (Å²) in [7, 11) is 0. The average Bonchev–Trinajstić information content (AvgIpc) is 2.40. The van der Waals surface area contributed by atoms with Gasteiger partial charge < -0.3 is 4.74 Å². The lowest BCUT2D eigenvalue weighted by Gasteiger charge is -2.10. The smallest absolute Gasteiger partial charge is 0.311 e. The van der Waals surface area contributed by atoms with Crippen LogP contribution in [0.3, 0.4) is 0 Å². The van der Waals surface area contributed by atoms with Gasteiger partial charge in [0.2, 0.25) is 5.75 Å². The van der Waals surface area contributed by atoms with E-state index in [0.29, 0.717) is 0 Å². The predicted octanol–water partition coefficient (Wildman–Crippen LogP) is 4.04. The van der Waals surface area contributed by atoms with Crippen molar-refractivity contribution in [2.24, 2.45) is 0 Å². The van der Waals surface area contributed by atoms with Gasteiger partial charge in [-0.1, -0.05) is 6.07 Å². The molecule has 0 spiro atoms. The molecule has 0 aliphatic carbocycles. The summed E-state index contributed by atoms with van der Waals surface area (Å²) in [5.74, 6) is -0.877. The molecule has 0 unspecified atom stereocenters. The number of nitro groups is 1. The summed E-state index contributed by atoms with van der Waals surface area (Å²) in [6.45, 7) is 3.03. The van der Waals surface area contributed by atoms with Gasteiger partial charge in [-0.25, -0.2) is 4.39 Å². The third-order valence-electron chi connectivity index (χ3n) is 2.85. The van der Waals surface area contributed by atoms with Gasteiger partial charge in [0.1, 0.15) is 11.6 Å². The number of benzene rings is 2. The summed E-state index contributed by atoms with van der Waals surface area (Å²) in [5, 5.41) is 11.0. The predicted molar refractivity (Wildman–Crippen MR) is 74.3 cm³/mol. The number of halogens is 1. The minimum Gasteiger partial charge on any atom is -0.449 e. The van der Waals surface area contributed by atoms with Gasteiger partial charge in [-0.05, 0) is 43.7 Å². The van der Waals surface area contributed by atoms with Crippen LogP contribution in [-0.4, -0.2) is 10.7 Å². The van der Waals surface area contributed by atoms with Crippen molar-refractivity contribution >= 4 is 11.5 Å². The molecule has 2 aromatic carbocycles. The van der Waals surface area contributed by atoms with E-state index in [2.05, 4.69) is 0 Å². The zero-order valence-electron chi connectivity index (χ0n) is 11.4. The van der Waals surface area contributed by atoms with Crippen LogP contribution in [0.5, 0.6) is 11.5 Å². The van der Waals surface area contributed by atoms with Crippen LogP contribution in [0.1, 0.15) is 22.8 Å². The fraction of sp³-hybridized carbons (Fsp3) is 0.133. The van der Waals surface area contributed by atoms with E-state index in [1.54, 1.807) is 13.0 Å². The molecule has 5 nitrogen and oxygen atoms in total. The standard InChI is InChI=1S/C15H12FNO4/c1-9-3-5-13(17(19)20)15(7-9)21-14-6-4-11(16)8-12(14)10(2)18/h3-8H,1-2H3. The molecule has 0 aromatic heterocycles. The SMILES string of the molecule is CC(=O)c1cc(F)ccc1Oc1cc(C)ccc1[N+](=O)[O-]. The van der Waals surface area contributed by atoms with Crippen LogP contribution in [0.15, 0.2) is 36.4 Å². The van der Waals surface area contributed by atoms with E-state index in [4.69, 9.17) is 4.74 Å². The molecule has 6 heteroatoms. The highest BCUT2D eigenvalue weighted by Gasteiger charge is 2.18. The highest BCUT2D eigenvalue weighted by molar-refractivity contribution is 5.96. The fourth-order valence-corrected chi connectivity index (χ4v) is 1.84. The zero-order chi connectivity index (χ0) is 15.6. The Balaban J connectivity index is 2.50. The molecule has 21 heavy (non-hydrogen) atoms. The van der Waals surface area contributed by atoms with Gasteiger partial charge >= 0.3 is 5.69 Å². The molecule has 108 valence electrons. The third-order valence-corrected chi connectivity index (χ3v) is 2.85. The second-order valence-electron chi connectivity index (χ2n) is 4.53. The van der Waals surface area contributed by atoms with E-state index in [9.17, 15) is 19.3 Å². The summed E-state index contributed by atoms with van der Waals surface area (Å²) < 4.78 is 18.7. The minimum absolute atomic E-state index is 0.00843. The van der Waals surface area contributed by atoms with E-state index in [0.717, 1.165) is 17.7 Å². The van der Waals surface area contributed by atoms with Crippen LogP contribution >= 0.6 is 0 Å². The van der Waals surface area contributed by atoms with Crippen molar-refractivity contribution in [2.75, 3.05) is 0 Å². The van der Waals surface area contributed by atoms with Crippen molar-refractivity contribution in [1.82, 2.24) is 0 Å². The zero-order valence-corrected chi connectivity index (χ0v) is 11.4. The highest BCUT2D eigenvalue weighted by atomic mass is 19.1. The van der Waals surface area contributed by atoms with E-state index < -0.39 is 10.7 Å². The summed E-state index contributed by atoms with van der Waals surface area (Å²) in [6, 6.07) is 7.84. The first kappa shape index (κ1) is 14.6. The van der Waals surface area contributed by atoms with Gasteiger partial charge in [0.25, 0.3) is 0 Å². The Kier molecular flexibility index (Phi) is 3.98. The molecule has 0 saturated carbocycles. The molecule has 0 saturated heterocycles. The number of ether oxygens (including phenoxy) is 1. The number of rotatable bonds is 4. The summed E-state index contributed by atoms with van der Waals surface area (Å²) in [5.41, 5.74) is 0.576. The van der Waals surface area contributed by atoms with E-state index in [1.807, 2.05) is 0 Å². The lowest BCUT2D eigenvalue weighted by molar-refractivity contribution is -0.385. The second kappa shape index (κ2) is 5.70. The average molecular weight is 289 g/mol. The van der Waals surface area contributed by atoms with Gasteiger partial charge in [0.05, 0.1) is 10.5 Å². The van der Waals surface area contributed by atoms with E-state index >= 15 is 0 Å². The van der Waals surface area contributed by atoms with Crippen molar-refractivity contribution < 1.29 is 18.8 Å². The Hall–Kier alpha value is -2.76. The van der Waals surface area contributed by atoms with Gasteiger partial charge in [-0.2, -0.15) is 0 Å². The number of Topliss-reactive ketones (excluding diaryl/α,β-unsaturated/α-hetero) is 1. The Bertz CT molecular complexity index is 728. The Labute approximate surface area is 120 Å². The quantitative estimate of drug-likeness (QED) is 0.484. The topological polar surface area (TPSA) is 69.4 Å². The lowest BCUT2D eigenvalue weighted by Crippen LogP contribution is -2.00. The van der Waals surface area contributed by atoms with Crippen LogP contribution in [0.25, 0.3) is 0 Å². The van der Waals surface area contributed by atoms with Crippen LogP contribution < -0.4 is 4.74 Å². The molecule has 0 aliphatic rings. The monoisotopic (exact) mass is 289 g/mol. The number of nitrogens with zero attached hydrogens (tertiary/aromatic N) is 1. The molecule has 2 aromatic rings. The van der Waals surface area contributed by atoms with E-state index in [-0.39, 0.29) is 28.5 Å². The molecular weight excluding hydrogens is 277 g/mol. The first-order valence-corrected chi connectivity index (χ1v) is 6.12. The second-order valence-corrected chi connectivity index (χ2v) is 4.53. The number of carbonyl (C=O) groups is 1. The van der Waals surface area contributed by atoms with Crippen molar-refractivity contribution in [1.29, 1.82) is 0 Å². The van der Waals surface area contributed by atoms with Crippen LogP contribution in [0.4, 0.5) is 10.1 Å². The number of aryl methyl sites for hydroxylation is 1. The third kappa shape index (κ3) is 3.22. The van der Waals surface area contributed by atoms with Crippen molar-refractivity contribution in [3.8, 4) is 11.5 Å². The Morgan fingerprint density at radius 1 is 1.19 bits per heavy atom. The summed E-state index contributed by atoms with van der Waals surface area (Å²) in [6.07, 6.45) is 0. The number of hydrogen-bond acceptors (Lipinski definition) is 4. The number of ketones is 1. The Morgan fingerprint density at radius 3 is 2.52 bits per heavy atom. The molecule has 0 bridgehead atoms. The maximum absolute atomic E-state index is 13.2. The molecule has 0 atom stereocenters. The van der Waals surface area contributed by atoms with Crippen molar-refractivity contribution in [3.05, 3.63) is 63.5 Å². The Morgan fingerprint density at radius 2 is 1.90 bits per heavy atom. The van der Waals surface area contributed by atoms with Gasteiger partial charge in [0.15, 0.2) is 5.78 Å². The molecule has 0 amide bonds. The maximum atomic E-state index is 13.2. The molecule has 0 N–H and O–H groups in total. The molecule has 2 rings (SSSR count). The lowest BCUT2D eigenvalue weighted by atomic mass is 10.1. The maximum Gasteiger partial charge on any atom is 0.311 e. The highest BCUT2D eigenvalue weighted by Crippen LogP contribution is 2.34. The largest absolute Gasteiger partial charge is 0.449 e. The van der Waals surface area contributed by atoms with Crippen LogP contribution in [0, 0.1) is 22.9 Å². The normalized spacial score (nSPS) is 10.2. The van der Waals surface area contributed by atoms with Crippen LogP contribution in [-0.2, 0) is 0 Å². The van der Waals surface area contributed by atoms with Gasteiger partial charge in [-0.15, -0.1) is 0 Å². The number of nitro benzene ring substituents is 1. The molecule has 0 fully saturated rings. The van der Waals surface area contributed by atoms with Crippen LogP contribution in [0.2, 0.25) is 0 Å². The summed E-state index contributed by atoms with van der Waals surface area (Å²) >= 11 is 0. The van der Waals surface area contributed by atoms with E-state index in [1.165, 1.54) is 25.1 Å².